The minimum Gasteiger partial charge on any atom is -0.387 e. The first-order valence-electron chi connectivity index (χ1n) is 4.33. The van der Waals surface area contributed by atoms with Gasteiger partial charge in [-0.1, -0.05) is 13.8 Å². The first kappa shape index (κ1) is 8.98. The average Bonchev–Trinajstić information content (AvgIpc) is 2.04. The molecule has 0 saturated heterocycles. The highest BCUT2D eigenvalue weighted by Crippen LogP contribution is 2.26. The molecule has 2 heteroatoms. The van der Waals surface area contributed by atoms with Crippen molar-refractivity contribution in [2.75, 3.05) is 12.3 Å². The number of allylic oxidation sites excluding steroid dienone is 2. The minimum atomic E-state index is 0.711. The van der Waals surface area contributed by atoms with E-state index in [0.29, 0.717) is 5.92 Å². The van der Waals surface area contributed by atoms with E-state index in [1.807, 2.05) is 11.8 Å². The van der Waals surface area contributed by atoms with Gasteiger partial charge in [0.1, 0.15) is 0 Å². The largest absolute Gasteiger partial charge is 0.387 e. The van der Waals surface area contributed by atoms with E-state index in [1.54, 1.807) is 0 Å². The Morgan fingerprint density at radius 3 is 2.91 bits per heavy atom. The van der Waals surface area contributed by atoms with E-state index in [4.69, 9.17) is 0 Å². The summed E-state index contributed by atoms with van der Waals surface area (Å²) in [4.78, 5) is 1.49. The Labute approximate surface area is 73.6 Å². The molecule has 0 aromatic carbocycles. The van der Waals surface area contributed by atoms with Crippen molar-refractivity contribution in [1.82, 2.24) is 5.32 Å². The third-order valence-corrected chi connectivity index (χ3v) is 3.28. The van der Waals surface area contributed by atoms with Gasteiger partial charge in [0.2, 0.25) is 0 Å². The molecule has 0 bridgehead atoms. The number of thioether (sulfide) groups is 1. The van der Waals surface area contributed by atoms with Gasteiger partial charge < -0.3 is 5.32 Å². The molecular weight excluding hydrogens is 154 g/mol. The Morgan fingerprint density at radius 2 is 2.36 bits per heavy atom. The molecule has 0 spiro atoms. The molecule has 1 N–H and O–H groups in total. The van der Waals surface area contributed by atoms with Gasteiger partial charge >= 0.3 is 0 Å². The van der Waals surface area contributed by atoms with Crippen LogP contribution in [0.2, 0.25) is 0 Å². The smallest absolute Gasteiger partial charge is 0.0238 e. The van der Waals surface area contributed by atoms with Crippen molar-refractivity contribution in [3.63, 3.8) is 0 Å². The van der Waals surface area contributed by atoms with Crippen LogP contribution < -0.4 is 5.32 Å². The molecule has 1 heterocycles. The van der Waals surface area contributed by atoms with Gasteiger partial charge in [0.15, 0.2) is 0 Å². The molecule has 0 aliphatic carbocycles. The van der Waals surface area contributed by atoms with Crippen molar-refractivity contribution in [3.8, 4) is 0 Å². The summed E-state index contributed by atoms with van der Waals surface area (Å²) in [6.07, 6.45) is 1.24. The predicted molar refractivity (Wildman–Crippen MR) is 52.6 cm³/mol. The standard InChI is InChI=1S/C9H17NS/c1-4-7(2)9-8(3)11-6-5-10-9/h7,10H,4-6H2,1-3H3. The second-order valence-corrected chi connectivity index (χ2v) is 4.36. The molecule has 0 amide bonds. The zero-order valence-corrected chi connectivity index (χ0v) is 8.42. The zero-order chi connectivity index (χ0) is 8.27. The number of hydrogen-bond acceptors (Lipinski definition) is 2. The van der Waals surface area contributed by atoms with Crippen LogP contribution in [0.1, 0.15) is 27.2 Å². The highest BCUT2D eigenvalue weighted by molar-refractivity contribution is 8.03. The lowest BCUT2D eigenvalue weighted by Crippen LogP contribution is -2.25. The maximum atomic E-state index is 3.48. The fourth-order valence-corrected chi connectivity index (χ4v) is 2.26. The van der Waals surface area contributed by atoms with Crippen molar-refractivity contribution < 1.29 is 0 Å². The monoisotopic (exact) mass is 171 g/mol. The van der Waals surface area contributed by atoms with Gasteiger partial charge in [-0.3, -0.25) is 0 Å². The first-order chi connectivity index (χ1) is 5.25. The Morgan fingerprint density at radius 1 is 1.64 bits per heavy atom. The Bertz CT molecular complexity index is 163. The van der Waals surface area contributed by atoms with Gasteiger partial charge in [-0.25, -0.2) is 0 Å². The average molecular weight is 171 g/mol. The molecule has 0 radical (unpaired) electrons. The van der Waals surface area contributed by atoms with Crippen molar-refractivity contribution in [2.24, 2.45) is 5.92 Å². The molecule has 1 aliphatic rings. The molecule has 0 aromatic rings. The summed E-state index contributed by atoms with van der Waals surface area (Å²) in [6.45, 7) is 7.89. The highest BCUT2D eigenvalue weighted by Gasteiger charge is 2.13. The van der Waals surface area contributed by atoms with Crippen LogP contribution in [0, 0.1) is 5.92 Å². The maximum Gasteiger partial charge on any atom is 0.0238 e. The molecule has 11 heavy (non-hydrogen) atoms. The fourth-order valence-electron chi connectivity index (χ4n) is 1.32. The molecule has 1 nitrogen and oxygen atoms in total. The number of rotatable bonds is 2. The molecule has 1 unspecified atom stereocenters. The van der Waals surface area contributed by atoms with Crippen LogP contribution in [0.4, 0.5) is 0 Å². The topological polar surface area (TPSA) is 12.0 Å². The fraction of sp³-hybridized carbons (Fsp3) is 0.778. The lowest BCUT2D eigenvalue weighted by molar-refractivity contribution is 0.590. The van der Waals surface area contributed by atoms with Crippen LogP contribution in [-0.4, -0.2) is 12.3 Å². The van der Waals surface area contributed by atoms with Crippen LogP contribution in [-0.2, 0) is 0 Å². The molecule has 0 saturated carbocycles. The SMILES string of the molecule is CCC(C)C1=C(C)SCCN1. The Balaban J connectivity index is 2.65. The second kappa shape index (κ2) is 4.05. The molecular formula is C9H17NS. The van der Waals surface area contributed by atoms with Crippen LogP contribution in [0.15, 0.2) is 10.6 Å². The Kier molecular flexibility index (Phi) is 3.31. The van der Waals surface area contributed by atoms with Gasteiger partial charge in [0.05, 0.1) is 0 Å². The van der Waals surface area contributed by atoms with Gasteiger partial charge in [0.25, 0.3) is 0 Å². The van der Waals surface area contributed by atoms with Gasteiger partial charge in [-0.15, -0.1) is 11.8 Å². The van der Waals surface area contributed by atoms with E-state index < -0.39 is 0 Å². The number of nitrogens with one attached hydrogen (secondary N) is 1. The van der Waals surface area contributed by atoms with Crippen LogP contribution in [0.25, 0.3) is 0 Å². The van der Waals surface area contributed by atoms with Crippen LogP contribution in [0.3, 0.4) is 0 Å². The second-order valence-electron chi connectivity index (χ2n) is 3.05. The zero-order valence-electron chi connectivity index (χ0n) is 7.61. The van der Waals surface area contributed by atoms with E-state index >= 15 is 0 Å². The predicted octanol–water partition coefficient (Wildman–Crippen LogP) is 2.60. The van der Waals surface area contributed by atoms with Gasteiger partial charge in [-0.05, 0) is 19.3 Å². The third-order valence-electron chi connectivity index (χ3n) is 2.22. The van der Waals surface area contributed by atoms with Gasteiger partial charge in [0, 0.05) is 22.9 Å². The lowest BCUT2D eigenvalue weighted by Gasteiger charge is -2.23. The summed E-state index contributed by atoms with van der Waals surface area (Å²) < 4.78 is 0. The number of hydrogen-bond donors (Lipinski definition) is 1. The van der Waals surface area contributed by atoms with Gasteiger partial charge in [-0.2, -0.15) is 0 Å². The van der Waals surface area contributed by atoms with E-state index in [2.05, 4.69) is 26.1 Å². The third kappa shape index (κ3) is 2.16. The highest BCUT2D eigenvalue weighted by atomic mass is 32.2. The summed E-state index contributed by atoms with van der Waals surface area (Å²) in [7, 11) is 0. The normalized spacial score (nSPS) is 21.4. The van der Waals surface area contributed by atoms with E-state index in [-0.39, 0.29) is 0 Å². The summed E-state index contributed by atoms with van der Waals surface area (Å²) in [6, 6.07) is 0. The van der Waals surface area contributed by atoms with Crippen LogP contribution in [0.5, 0.6) is 0 Å². The van der Waals surface area contributed by atoms with E-state index in [1.165, 1.54) is 22.8 Å². The molecule has 0 aromatic heterocycles. The first-order valence-corrected chi connectivity index (χ1v) is 5.31. The minimum absolute atomic E-state index is 0.711. The van der Waals surface area contributed by atoms with Crippen molar-refractivity contribution >= 4 is 11.8 Å². The summed E-state index contributed by atoms with van der Waals surface area (Å²) in [5.41, 5.74) is 1.48. The lowest BCUT2D eigenvalue weighted by atomic mass is 10.0. The van der Waals surface area contributed by atoms with Crippen LogP contribution >= 0.6 is 11.8 Å². The molecule has 64 valence electrons. The van der Waals surface area contributed by atoms with Crippen molar-refractivity contribution in [2.45, 2.75) is 27.2 Å². The molecule has 1 atom stereocenters. The molecule has 0 fully saturated rings. The molecule has 1 rings (SSSR count). The summed E-state index contributed by atoms with van der Waals surface area (Å²) in [5, 5.41) is 3.48. The van der Waals surface area contributed by atoms with Crippen molar-refractivity contribution in [1.29, 1.82) is 0 Å². The van der Waals surface area contributed by atoms with Crippen molar-refractivity contribution in [3.05, 3.63) is 10.6 Å². The van der Waals surface area contributed by atoms with E-state index in [9.17, 15) is 0 Å². The Hall–Kier alpha value is -0.110. The maximum absolute atomic E-state index is 3.48. The quantitative estimate of drug-likeness (QED) is 0.685. The molecule has 1 aliphatic heterocycles. The summed E-state index contributed by atoms with van der Waals surface area (Å²) in [5.74, 6) is 1.94. The van der Waals surface area contributed by atoms with E-state index in [0.717, 1.165) is 6.54 Å². The summed E-state index contributed by atoms with van der Waals surface area (Å²) >= 11 is 1.99.